The number of primary amides is 1. The maximum Gasteiger partial charge on any atom is 0.239 e. The van der Waals surface area contributed by atoms with Gasteiger partial charge in [0.2, 0.25) is 5.91 Å². The molecule has 0 aliphatic rings. The number of carbonyl (C=O) groups excluding carboxylic acids is 1. The predicted molar refractivity (Wildman–Crippen MR) is 52.1 cm³/mol. The van der Waals surface area contributed by atoms with Gasteiger partial charge in [-0.2, -0.15) is 0 Å². The molecule has 0 saturated heterocycles. The number of nitrogens with one attached hydrogen (secondary N) is 1. The zero-order chi connectivity index (χ0) is 10.7. The SMILES string of the molecule is CNC(C(N)=O)c1ccc(F)cc1C. The summed E-state index contributed by atoms with van der Waals surface area (Å²) in [6.07, 6.45) is 0. The van der Waals surface area contributed by atoms with Crippen LogP contribution in [0.4, 0.5) is 4.39 Å². The number of likely N-dealkylation sites (N-methyl/N-ethyl adjacent to an activating group) is 1. The molecule has 0 aromatic heterocycles. The minimum atomic E-state index is -0.560. The van der Waals surface area contributed by atoms with E-state index in [2.05, 4.69) is 5.32 Å². The van der Waals surface area contributed by atoms with Crippen molar-refractivity contribution in [3.63, 3.8) is 0 Å². The number of halogens is 1. The highest BCUT2D eigenvalue weighted by atomic mass is 19.1. The first-order valence-electron chi connectivity index (χ1n) is 4.29. The third kappa shape index (κ3) is 2.09. The summed E-state index contributed by atoms with van der Waals surface area (Å²) in [6, 6.07) is 3.70. The largest absolute Gasteiger partial charge is 0.368 e. The molecule has 76 valence electrons. The van der Waals surface area contributed by atoms with Gasteiger partial charge < -0.3 is 11.1 Å². The van der Waals surface area contributed by atoms with E-state index in [0.29, 0.717) is 11.1 Å². The molecule has 1 aromatic rings. The lowest BCUT2D eigenvalue weighted by Gasteiger charge is -2.14. The van der Waals surface area contributed by atoms with Crippen LogP contribution in [0, 0.1) is 12.7 Å². The Bertz CT molecular complexity index is 352. The Morgan fingerprint density at radius 1 is 1.57 bits per heavy atom. The van der Waals surface area contributed by atoms with Gasteiger partial charge in [0, 0.05) is 0 Å². The van der Waals surface area contributed by atoms with Gasteiger partial charge in [-0.1, -0.05) is 6.07 Å². The van der Waals surface area contributed by atoms with E-state index in [-0.39, 0.29) is 5.82 Å². The minimum Gasteiger partial charge on any atom is -0.368 e. The maximum absolute atomic E-state index is 12.8. The Kier molecular flexibility index (Phi) is 3.19. The van der Waals surface area contributed by atoms with Gasteiger partial charge in [-0.25, -0.2) is 4.39 Å². The van der Waals surface area contributed by atoms with Gasteiger partial charge in [-0.3, -0.25) is 4.79 Å². The lowest BCUT2D eigenvalue weighted by molar-refractivity contribution is -0.120. The molecule has 0 radical (unpaired) electrons. The van der Waals surface area contributed by atoms with Crippen LogP contribution in [0.3, 0.4) is 0 Å². The van der Waals surface area contributed by atoms with Crippen LogP contribution in [0.1, 0.15) is 17.2 Å². The molecule has 1 rings (SSSR count). The second kappa shape index (κ2) is 4.19. The van der Waals surface area contributed by atoms with Crippen molar-refractivity contribution in [3.8, 4) is 0 Å². The highest BCUT2D eigenvalue weighted by Gasteiger charge is 2.17. The summed E-state index contributed by atoms with van der Waals surface area (Å²) in [7, 11) is 1.64. The van der Waals surface area contributed by atoms with Gasteiger partial charge in [-0.05, 0) is 37.2 Å². The van der Waals surface area contributed by atoms with E-state index < -0.39 is 11.9 Å². The van der Waals surface area contributed by atoms with E-state index in [9.17, 15) is 9.18 Å². The minimum absolute atomic E-state index is 0.314. The highest BCUT2D eigenvalue weighted by Crippen LogP contribution is 2.17. The summed E-state index contributed by atoms with van der Waals surface area (Å²) >= 11 is 0. The van der Waals surface area contributed by atoms with E-state index in [1.807, 2.05) is 0 Å². The zero-order valence-electron chi connectivity index (χ0n) is 8.17. The average Bonchev–Trinajstić information content (AvgIpc) is 2.09. The van der Waals surface area contributed by atoms with Crippen molar-refractivity contribution in [2.24, 2.45) is 5.73 Å². The summed E-state index contributed by atoms with van der Waals surface area (Å²) in [4.78, 5) is 11.0. The van der Waals surface area contributed by atoms with Crippen LogP contribution in [0.15, 0.2) is 18.2 Å². The van der Waals surface area contributed by atoms with E-state index in [1.165, 1.54) is 12.1 Å². The fourth-order valence-corrected chi connectivity index (χ4v) is 1.41. The molecule has 0 heterocycles. The van der Waals surface area contributed by atoms with Crippen molar-refractivity contribution in [1.82, 2.24) is 5.32 Å². The predicted octanol–water partition coefficient (Wildman–Crippen LogP) is 0.880. The molecule has 0 spiro atoms. The maximum atomic E-state index is 12.8. The lowest BCUT2D eigenvalue weighted by Crippen LogP contribution is -2.31. The number of amides is 1. The smallest absolute Gasteiger partial charge is 0.239 e. The molecular weight excluding hydrogens is 183 g/mol. The van der Waals surface area contributed by atoms with E-state index in [4.69, 9.17) is 5.73 Å². The van der Waals surface area contributed by atoms with Crippen LogP contribution in [-0.2, 0) is 4.79 Å². The molecule has 1 amide bonds. The van der Waals surface area contributed by atoms with Crippen molar-refractivity contribution >= 4 is 5.91 Å². The van der Waals surface area contributed by atoms with Crippen molar-refractivity contribution in [3.05, 3.63) is 35.1 Å². The van der Waals surface area contributed by atoms with Gasteiger partial charge in [0.25, 0.3) is 0 Å². The van der Waals surface area contributed by atoms with Crippen LogP contribution in [0.5, 0.6) is 0 Å². The molecule has 14 heavy (non-hydrogen) atoms. The molecule has 1 aromatic carbocycles. The molecule has 3 nitrogen and oxygen atoms in total. The first-order chi connectivity index (χ1) is 6.56. The molecule has 1 atom stereocenters. The summed E-state index contributed by atoms with van der Waals surface area (Å²) in [5.74, 6) is -0.784. The van der Waals surface area contributed by atoms with Crippen molar-refractivity contribution in [2.75, 3.05) is 7.05 Å². The zero-order valence-corrected chi connectivity index (χ0v) is 8.17. The van der Waals surface area contributed by atoms with Crippen LogP contribution in [0.25, 0.3) is 0 Å². The molecule has 4 heteroatoms. The van der Waals surface area contributed by atoms with Crippen molar-refractivity contribution in [2.45, 2.75) is 13.0 Å². The van der Waals surface area contributed by atoms with Gasteiger partial charge >= 0.3 is 0 Å². The molecule has 0 saturated carbocycles. The summed E-state index contributed by atoms with van der Waals surface area (Å²) in [5, 5.41) is 2.78. The highest BCUT2D eigenvalue weighted by molar-refractivity contribution is 5.81. The normalized spacial score (nSPS) is 12.5. The number of hydrogen-bond acceptors (Lipinski definition) is 2. The van der Waals surface area contributed by atoms with E-state index in [0.717, 1.165) is 0 Å². The van der Waals surface area contributed by atoms with Crippen LogP contribution in [-0.4, -0.2) is 13.0 Å². The number of aryl methyl sites for hydroxylation is 1. The second-order valence-corrected chi connectivity index (χ2v) is 3.12. The molecule has 0 aliphatic carbocycles. The number of nitrogens with two attached hydrogens (primary N) is 1. The summed E-state index contributed by atoms with van der Waals surface area (Å²) in [5.41, 5.74) is 6.61. The molecule has 0 bridgehead atoms. The number of carbonyl (C=O) groups is 1. The number of hydrogen-bond donors (Lipinski definition) is 2. The van der Waals surface area contributed by atoms with E-state index in [1.54, 1.807) is 20.0 Å². The molecule has 3 N–H and O–H groups in total. The number of benzene rings is 1. The molecular formula is C10H13FN2O. The topological polar surface area (TPSA) is 55.1 Å². The first-order valence-corrected chi connectivity index (χ1v) is 4.29. The fourth-order valence-electron chi connectivity index (χ4n) is 1.41. The quantitative estimate of drug-likeness (QED) is 0.754. The van der Waals surface area contributed by atoms with Gasteiger partial charge in [0.05, 0.1) is 0 Å². The van der Waals surface area contributed by atoms with Crippen LogP contribution in [0.2, 0.25) is 0 Å². The molecule has 1 unspecified atom stereocenters. The third-order valence-electron chi connectivity index (χ3n) is 2.12. The molecule has 0 fully saturated rings. The Morgan fingerprint density at radius 3 is 2.64 bits per heavy atom. The fraction of sp³-hybridized carbons (Fsp3) is 0.300. The summed E-state index contributed by atoms with van der Waals surface area (Å²) in [6.45, 7) is 1.74. The Labute approximate surface area is 82.1 Å². The van der Waals surface area contributed by atoms with Crippen molar-refractivity contribution in [1.29, 1.82) is 0 Å². The Balaban J connectivity index is 3.10. The van der Waals surface area contributed by atoms with E-state index >= 15 is 0 Å². The number of rotatable bonds is 3. The van der Waals surface area contributed by atoms with Crippen LogP contribution >= 0.6 is 0 Å². The van der Waals surface area contributed by atoms with Gasteiger partial charge in [0.15, 0.2) is 0 Å². The molecule has 0 aliphatic heterocycles. The van der Waals surface area contributed by atoms with Gasteiger partial charge in [-0.15, -0.1) is 0 Å². The average molecular weight is 196 g/mol. The van der Waals surface area contributed by atoms with Crippen LogP contribution < -0.4 is 11.1 Å². The monoisotopic (exact) mass is 196 g/mol. The Morgan fingerprint density at radius 2 is 2.21 bits per heavy atom. The standard InChI is InChI=1S/C10H13FN2O/c1-6-5-7(11)3-4-8(6)9(13-2)10(12)14/h3-5,9,13H,1-2H3,(H2,12,14). The Hall–Kier alpha value is -1.42. The van der Waals surface area contributed by atoms with Crippen molar-refractivity contribution < 1.29 is 9.18 Å². The lowest BCUT2D eigenvalue weighted by atomic mass is 10.0. The first kappa shape index (κ1) is 10.7. The summed E-state index contributed by atoms with van der Waals surface area (Å²) < 4.78 is 12.8. The second-order valence-electron chi connectivity index (χ2n) is 3.12. The van der Waals surface area contributed by atoms with Gasteiger partial charge in [0.1, 0.15) is 11.9 Å². The third-order valence-corrected chi connectivity index (χ3v) is 2.12.